The lowest BCUT2D eigenvalue weighted by Gasteiger charge is -2.38. The Morgan fingerprint density at radius 1 is 0.949 bits per heavy atom. The van der Waals surface area contributed by atoms with Gasteiger partial charge in [0.1, 0.15) is 0 Å². The van der Waals surface area contributed by atoms with Crippen molar-refractivity contribution in [2.24, 2.45) is 0 Å². The van der Waals surface area contributed by atoms with Gasteiger partial charge in [-0.1, -0.05) is 68.8 Å². The highest BCUT2D eigenvalue weighted by Crippen LogP contribution is 2.25. The lowest BCUT2D eigenvalue weighted by atomic mass is 10.1. The highest BCUT2D eigenvalue weighted by Gasteiger charge is 2.25. The van der Waals surface area contributed by atoms with E-state index >= 15 is 0 Å². The molecule has 1 amide bonds. The van der Waals surface area contributed by atoms with Gasteiger partial charge in [0.25, 0.3) is 5.91 Å². The number of hydrogen-bond acceptors (Lipinski definition) is 5. The smallest absolute Gasteiger partial charge is 0.254 e. The van der Waals surface area contributed by atoms with Crippen molar-refractivity contribution >= 4 is 23.5 Å². The number of aliphatic hydroxyl groups excluding tert-OH is 1. The SMILES string of the molecule is CCCCc1ccc(NSc2ccc(C)c(C(=O)N3CCN(C(C)CC)CC3)c2)cc1.OCc1ccccc1. The predicted molar refractivity (Wildman–Crippen MR) is 165 cm³/mol. The van der Waals surface area contributed by atoms with Crippen LogP contribution < -0.4 is 4.72 Å². The zero-order chi connectivity index (χ0) is 28.0. The molecular weight excluding hydrogens is 502 g/mol. The van der Waals surface area contributed by atoms with E-state index < -0.39 is 0 Å². The predicted octanol–water partition coefficient (Wildman–Crippen LogP) is 7.19. The molecule has 1 aliphatic rings. The molecule has 0 saturated carbocycles. The molecule has 3 aromatic carbocycles. The summed E-state index contributed by atoms with van der Waals surface area (Å²) in [7, 11) is 0. The van der Waals surface area contributed by atoms with Gasteiger partial charge in [0, 0.05) is 48.4 Å². The van der Waals surface area contributed by atoms with E-state index in [1.165, 1.54) is 18.4 Å². The van der Waals surface area contributed by atoms with Gasteiger partial charge in [0.15, 0.2) is 0 Å². The van der Waals surface area contributed by atoms with E-state index in [4.69, 9.17) is 5.11 Å². The van der Waals surface area contributed by atoms with Crippen molar-refractivity contribution in [2.75, 3.05) is 30.9 Å². The highest BCUT2D eigenvalue weighted by molar-refractivity contribution is 8.00. The van der Waals surface area contributed by atoms with Crippen LogP contribution in [0, 0.1) is 6.92 Å². The summed E-state index contributed by atoms with van der Waals surface area (Å²) in [6.07, 6.45) is 4.74. The monoisotopic (exact) mass is 547 g/mol. The van der Waals surface area contributed by atoms with Gasteiger partial charge in [-0.2, -0.15) is 0 Å². The molecular formula is C33H45N3O2S. The zero-order valence-corrected chi connectivity index (χ0v) is 24.8. The Bertz CT molecular complexity index is 1130. The minimum Gasteiger partial charge on any atom is -0.392 e. The number of amides is 1. The van der Waals surface area contributed by atoms with Crippen molar-refractivity contribution in [3.8, 4) is 0 Å². The van der Waals surface area contributed by atoms with Gasteiger partial charge in [0.2, 0.25) is 0 Å². The molecule has 1 heterocycles. The number of carbonyl (C=O) groups is 1. The molecule has 1 saturated heterocycles. The molecule has 1 aliphatic heterocycles. The van der Waals surface area contributed by atoms with Crippen molar-refractivity contribution in [2.45, 2.75) is 70.9 Å². The average molecular weight is 548 g/mol. The van der Waals surface area contributed by atoms with Gasteiger partial charge in [-0.05, 0) is 86.0 Å². The first-order valence-corrected chi connectivity index (χ1v) is 15.1. The maximum absolute atomic E-state index is 13.2. The second-order valence-corrected chi connectivity index (χ2v) is 11.1. The summed E-state index contributed by atoms with van der Waals surface area (Å²) >= 11 is 1.56. The number of unbranched alkanes of at least 4 members (excludes halogenated alkanes) is 1. The van der Waals surface area contributed by atoms with E-state index in [0.717, 1.165) is 66.3 Å². The molecule has 0 aromatic heterocycles. The number of anilines is 1. The maximum atomic E-state index is 13.2. The van der Waals surface area contributed by atoms with E-state index in [9.17, 15) is 4.79 Å². The first kappa shape index (κ1) is 30.7. The molecule has 0 aliphatic carbocycles. The number of aryl methyl sites for hydroxylation is 2. The quantitative estimate of drug-likeness (QED) is 0.263. The van der Waals surface area contributed by atoms with Crippen molar-refractivity contribution in [3.05, 3.63) is 95.1 Å². The summed E-state index contributed by atoms with van der Waals surface area (Å²) in [5, 5.41) is 8.54. The van der Waals surface area contributed by atoms with Crippen LogP contribution in [0.25, 0.3) is 0 Å². The fourth-order valence-corrected chi connectivity index (χ4v) is 5.20. The molecule has 6 heteroatoms. The van der Waals surface area contributed by atoms with Gasteiger partial charge in [-0.15, -0.1) is 0 Å². The number of aliphatic hydroxyl groups is 1. The molecule has 2 N–H and O–H groups in total. The van der Waals surface area contributed by atoms with E-state index in [1.807, 2.05) is 48.2 Å². The second kappa shape index (κ2) is 16.3. The third-order valence-corrected chi connectivity index (χ3v) is 8.17. The molecule has 1 fully saturated rings. The third kappa shape index (κ3) is 9.71. The highest BCUT2D eigenvalue weighted by atomic mass is 32.2. The second-order valence-electron chi connectivity index (χ2n) is 10.2. The normalized spacial score (nSPS) is 14.3. The Kier molecular flexibility index (Phi) is 12.9. The van der Waals surface area contributed by atoms with Crippen LogP contribution in [-0.4, -0.2) is 53.0 Å². The standard InChI is InChI=1S/C26H37N3OS.C7H8O/c1-5-7-8-22-10-12-23(13-11-22)27-31-24-14-9-20(3)25(19-24)26(30)29-17-15-28(16-18-29)21(4)6-2;8-6-7-4-2-1-3-5-7/h9-14,19,21,27H,5-8,15-18H2,1-4H3;1-5,8H,6H2. The fraction of sp³-hybridized carbons (Fsp3) is 0.424. The Balaban J connectivity index is 0.000000449. The van der Waals surface area contributed by atoms with E-state index in [0.29, 0.717) is 6.04 Å². The van der Waals surface area contributed by atoms with Crippen molar-refractivity contribution in [1.82, 2.24) is 9.80 Å². The summed E-state index contributed by atoms with van der Waals surface area (Å²) in [5.41, 5.74) is 5.29. The van der Waals surface area contributed by atoms with E-state index in [-0.39, 0.29) is 12.5 Å². The van der Waals surface area contributed by atoms with Crippen LogP contribution in [-0.2, 0) is 13.0 Å². The lowest BCUT2D eigenvalue weighted by Crippen LogP contribution is -2.51. The van der Waals surface area contributed by atoms with Gasteiger partial charge in [-0.25, -0.2) is 0 Å². The average Bonchev–Trinajstić information content (AvgIpc) is 3.00. The summed E-state index contributed by atoms with van der Waals surface area (Å²) < 4.78 is 3.42. The van der Waals surface area contributed by atoms with Crippen LogP contribution in [0.15, 0.2) is 77.7 Å². The third-order valence-electron chi connectivity index (χ3n) is 7.34. The maximum Gasteiger partial charge on any atom is 0.254 e. The molecule has 0 radical (unpaired) electrons. The fourth-order valence-electron chi connectivity index (χ4n) is 4.51. The topological polar surface area (TPSA) is 55.8 Å². The van der Waals surface area contributed by atoms with Crippen LogP contribution in [0.5, 0.6) is 0 Å². The van der Waals surface area contributed by atoms with Gasteiger partial charge >= 0.3 is 0 Å². The summed E-state index contributed by atoms with van der Waals surface area (Å²) in [6.45, 7) is 12.4. The Morgan fingerprint density at radius 2 is 1.64 bits per heavy atom. The molecule has 5 nitrogen and oxygen atoms in total. The van der Waals surface area contributed by atoms with Crippen LogP contribution in [0.3, 0.4) is 0 Å². The van der Waals surface area contributed by atoms with Crippen LogP contribution in [0.2, 0.25) is 0 Å². The van der Waals surface area contributed by atoms with Crippen LogP contribution >= 0.6 is 11.9 Å². The molecule has 0 spiro atoms. The number of rotatable bonds is 10. The molecule has 4 rings (SSSR count). The van der Waals surface area contributed by atoms with E-state index in [1.54, 1.807) is 11.9 Å². The minimum atomic E-state index is 0.140. The number of carbonyl (C=O) groups excluding carboxylic acids is 1. The Labute approximate surface area is 239 Å². The molecule has 39 heavy (non-hydrogen) atoms. The zero-order valence-electron chi connectivity index (χ0n) is 24.0. The van der Waals surface area contributed by atoms with E-state index in [2.05, 4.69) is 66.8 Å². The van der Waals surface area contributed by atoms with Gasteiger partial charge in [-0.3, -0.25) is 9.69 Å². The van der Waals surface area contributed by atoms with Crippen LogP contribution in [0.1, 0.15) is 67.1 Å². The molecule has 0 bridgehead atoms. The lowest BCUT2D eigenvalue weighted by molar-refractivity contribution is 0.0578. The summed E-state index contributed by atoms with van der Waals surface area (Å²) in [4.78, 5) is 18.8. The Morgan fingerprint density at radius 3 is 2.23 bits per heavy atom. The largest absolute Gasteiger partial charge is 0.392 e. The van der Waals surface area contributed by atoms with Gasteiger partial charge < -0.3 is 14.7 Å². The number of benzene rings is 3. The molecule has 3 aromatic rings. The number of piperazine rings is 1. The van der Waals surface area contributed by atoms with Crippen molar-refractivity contribution in [1.29, 1.82) is 0 Å². The summed E-state index contributed by atoms with van der Waals surface area (Å²) in [6, 6.07) is 24.9. The van der Waals surface area contributed by atoms with Gasteiger partial charge in [0.05, 0.1) is 6.61 Å². The molecule has 1 unspecified atom stereocenters. The first-order valence-electron chi connectivity index (χ1n) is 14.3. The van der Waals surface area contributed by atoms with Crippen LogP contribution in [0.4, 0.5) is 5.69 Å². The first-order chi connectivity index (χ1) is 18.9. The number of nitrogens with one attached hydrogen (secondary N) is 1. The minimum absolute atomic E-state index is 0.140. The Hall–Kier alpha value is -2.80. The van der Waals surface area contributed by atoms with Crippen molar-refractivity contribution < 1.29 is 9.90 Å². The van der Waals surface area contributed by atoms with Crippen molar-refractivity contribution in [3.63, 3.8) is 0 Å². The molecule has 1 atom stereocenters. The molecule has 210 valence electrons. The summed E-state index contributed by atoms with van der Waals surface area (Å²) in [5.74, 6) is 0.157. The number of nitrogens with zero attached hydrogens (tertiary/aromatic N) is 2. The number of hydrogen-bond donors (Lipinski definition) is 2.